The van der Waals surface area contributed by atoms with Crippen LogP contribution < -0.4 is 10.1 Å². The highest BCUT2D eigenvalue weighted by Gasteiger charge is 2.29. The summed E-state index contributed by atoms with van der Waals surface area (Å²) in [6.45, 7) is 0.356. The van der Waals surface area contributed by atoms with Crippen molar-refractivity contribution in [2.45, 2.75) is 44.6 Å². The van der Waals surface area contributed by atoms with E-state index in [0.717, 1.165) is 19.3 Å². The second kappa shape index (κ2) is 7.86. The van der Waals surface area contributed by atoms with Crippen LogP contribution in [0.15, 0.2) is 42.2 Å². The third kappa shape index (κ3) is 3.99. The van der Waals surface area contributed by atoms with Gasteiger partial charge in [0.25, 0.3) is 0 Å². The Morgan fingerprint density at radius 1 is 1.26 bits per heavy atom. The quantitative estimate of drug-likeness (QED) is 0.821. The van der Waals surface area contributed by atoms with Crippen LogP contribution in [-0.4, -0.2) is 28.5 Å². The normalized spacial score (nSPS) is 18.4. The standard InChI is InChI=1S/C21H22FN3O2/c22-18-8-7-16(21-23-9-4-10-24-21)20-17(18)12-15(27-20)13-25-19(26)11-14-5-2-1-3-6-14/h4-5,7-10,15H,1-3,6,11-13H2,(H,25,26). The number of aromatic nitrogens is 2. The first-order chi connectivity index (χ1) is 13.2. The molecule has 0 saturated heterocycles. The molecule has 0 spiro atoms. The highest BCUT2D eigenvalue weighted by atomic mass is 19.1. The van der Waals surface area contributed by atoms with E-state index in [1.807, 2.05) is 0 Å². The Hall–Kier alpha value is -2.76. The highest BCUT2D eigenvalue weighted by molar-refractivity contribution is 5.78. The van der Waals surface area contributed by atoms with Gasteiger partial charge in [-0.25, -0.2) is 14.4 Å². The van der Waals surface area contributed by atoms with Crippen LogP contribution in [0.25, 0.3) is 11.4 Å². The summed E-state index contributed by atoms with van der Waals surface area (Å²) in [4.78, 5) is 20.7. The van der Waals surface area contributed by atoms with Crippen LogP contribution in [0.2, 0.25) is 0 Å². The molecule has 1 unspecified atom stereocenters. The molecule has 0 bridgehead atoms. The number of carbonyl (C=O) groups is 1. The summed E-state index contributed by atoms with van der Waals surface area (Å²) in [5.74, 6) is 0.679. The lowest BCUT2D eigenvalue weighted by molar-refractivity contribution is -0.120. The van der Waals surface area contributed by atoms with Gasteiger partial charge in [0.05, 0.1) is 12.1 Å². The van der Waals surface area contributed by atoms with Gasteiger partial charge in [-0.2, -0.15) is 0 Å². The predicted molar refractivity (Wildman–Crippen MR) is 99.7 cm³/mol. The van der Waals surface area contributed by atoms with Gasteiger partial charge in [-0.05, 0) is 43.9 Å². The summed E-state index contributed by atoms with van der Waals surface area (Å²) in [5.41, 5.74) is 2.41. The molecule has 2 heterocycles. The van der Waals surface area contributed by atoms with Crippen molar-refractivity contribution in [1.29, 1.82) is 0 Å². The van der Waals surface area contributed by atoms with Crippen LogP contribution in [-0.2, 0) is 11.2 Å². The molecule has 1 aromatic heterocycles. The fourth-order valence-electron chi connectivity index (χ4n) is 3.65. The molecule has 1 aliphatic heterocycles. The molecular formula is C21H22FN3O2. The van der Waals surface area contributed by atoms with Crippen molar-refractivity contribution in [2.75, 3.05) is 6.54 Å². The van der Waals surface area contributed by atoms with Gasteiger partial charge in [-0.3, -0.25) is 4.79 Å². The minimum Gasteiger partial charge on any atom is -0.487 e. The number of allylic oxidation sites excluding steroid dienone is 1. The predicted octanol–water partition coefficient (Wildman–Crippen LogP) is 3.59. The number of fused-ring (bicyclic) bond motifs is 1. The fourth-order valence-corrected chi connectivity index (χ4v) is 3.65. The Balaban J connectivity index is 1.41. The van der Waals surface area contributed by atoms with Crippen LogP contribution in [0.4, 0.5) is 4.39 Å². The third-order valence-electron chi connectivity index (χ3n) is 5.03. The summed E-state index contributed by atoms with van der Waals surface area (Å²) < 4.78 is 20.2. The van der Waals surface area contributed by atoms with Crippen molar-refractivity contribution in [2.24, 2.45) is 0 Å². The molecule has 1 atom stereocenters. The van der Waals surface area contributed by atoms with Gasteiger partial charge in [0.1, 0.15) is 17.7 Å². The maximum absolute atomic E-state index is 14.3. The van der Waals surface area contributed by atoms with E-state index in [-0.39, 0.29) is 17.8 Å². The fraction of sp³-hybridized carbons (Fsp3) is 0.381. The van der Waals surface area contributed by atoms with E-state index in [0.29, 0.717) is 42.1 Å². The molecular weight excluding hydrogens is 345 g/mol. The first kappa shape index (κ1) is 17.6. The van der Waals surface area contributed by atoms with E-state index in [1.165, 1.54) is 18.1 Å². The summed E-state index contributed by atoms with van der Waals surface area (Å²) in [6.07, 6.45) is 10.5. The Kier molecular flexibility index (Phi) is 5.14. The van der Waals surface area contributed by atoms with E-state index >= 15 is 0 Å². The topological polar surface area (TPSA) is 64.1 Å². The third-order valence-corrected chi connectivity index (χ3v) is 5.03. The van der Waals surface area contributed by atoms with Crippen LogP contribution in [0, 0.1) is 5.82 Å². The molecule has 27 heavy (non-hydrogen) atoms. The van der Waals surface area contributed by atoms with Crippen LogP contribution in [0.3, 0.4) is 0 Å². The summed E-state index contributed by atoms with van der Waals surface area (Å²) in [6, 6.07) is 4.79. The van der Waals surface area contributed by atoms with E-state index in [1.54, 1.807) is 24.5 Å². The van der Waals surface area contributed by atoms with Gasteiger partial charge < -0.3 is 10.1 Å². The lowest BCUT2D eigenvalue weighted by Gasteiger charge is -2.15. The summed E-state index contributed by atoms with van der Waals surface area (Å²) in [5, 5.41) is 2.93. The van der Waals surface area contributed by atoms with E-state index in [9.17, 15) is 9.18 Å². The Bertz CT molecular complexity index is 867. The lowest BCUT2D eigenvalue weighted by Crippen LogP contribution is -2.34. The average Bonchev–Trinajstić information content (AvgIpc) is 3.13. The molecule has 2 aromatic rings. The highest BCUT2D eigenvalue weighted by Crippen LogP contribution is 2.38. The van der Waals surface area contributed by atoms with Gasteiger partial charge in [-0.15, -0.1) is 0 Å². The number of ether oxygens (including phenoxy) is 1. The Labute approximate surface area is 157 Å². The molecule has 1 aromatic carbocycles. The number of nitrogens with zero attached hydrogens (tertiary/aromatic N) is 2. The lowest BCUT2D eigenvalue weighted by atomic mass is 9.97. The first-order valence-electron chi connectivity index (χ1n) is 9.41. The van der Waals surface area contributed by atoms with Crippen molar-refractivity contribution >= 4 is 5.91 Å². The van der Waals surface area contributed by atoms with Crippen molar-refractivity contribution in [3.05, 3.63) is 53.6 Å². The van der Waals surface area contributed by atoms with Crippen LogP contribution in [0.1, 0.15) is 37.7 Å². The molecule has 0 saturated carbocycles. The smallest absolute Gasteiger partial charge is 0.224 e. The summed E-state index contributed by atoms with van der Waals surface area (Å²) >= 11 is 0. The molecule has 0 fully saturated rings. The number of hydrogen-bond acceptors (Lipinski definition) is 4. The van der Waals surface area contributed by atoms with E-state index in [2.05, 4.69) is 21.4 Å². The second-order valence-electron chi connectivity index (χ2n) is 7.01. The van der Waals surface area contributed by atoms with Crippen molar-refractivity contribution < 1.29 is 13.9 Å². The molecule has 1 aliphatic carbocycles. The second-order valence-corrected chi connectivity index (χ2v) is 7.01. The zero-order valence-corrected chi connectivity index (χ0v) is 15.1. The number of rotatable bonds is 5. The monoisotopic (exact) mass is 367 g/mol. The molecule has 140 valence electrons. The van der Waals surface area contributed by atoms with Crippen molar-refractivity contribution in [3.8, 4) is 17.1 Å². The molecule has 2 aliphatic rings. The zero-order valence-electron chi connectivity index (χ0n) is 15.1. The molecule has 6 heteroatoms. The van der Waals surface area contributed by atoms with Gasteiger partial charge in [0.15, 0.2) is 5.82 Å². The number of halogens is 1. The van der Waals surface area contributed by atoms with E-state index in [4.69, 9.17) is 4.74 Å². The average molecular weight is 367 g/mol. The van der Waals surface area contributed by atoms with Gasteiger partial charge >= 0.3 is 0 Å². The SMILES string of the molecule is O=C(CC1=CCCCC1)NCC1Cc2c(F)ccc(-c3ncccn3)c2O1. The van der Waals surface area contributed by atoms with Gasteiger partial charge in [0, 0.05) is 30.8 Å². The molecule has 1 amide bonds. The van der Waals surface area contributed by atoms with Gasteiger partial charge in [0.2, 0.25) is 5.91 Å². The van der Waals surface area contributed by atoms with Crippen molar-refractivity contribution in [3.63, 3.8) is 0 Å². The number of amides is 1. The van der Waals surface area contributed by atoms with Crippen molar-refractivity contribution in [1.82, 2.24) is 15.3 Å². The maximum atomic E-state index is 14.3. The molecule has 5 nitrogen and oxygen atoms in total. The minimum atomic E-state index is -0.300. The van der Waals surface area contributed by atoms with E-state index < -0.39 is 0 Å². The molecule has 1 N–H and O–H groups in total. The number of nitrogens with one attached hydrogen (secondary N) is 1. The molecule has 0 radical (unpaired) electrons. The summed E-state index contributed by atoms with van der Waals surface area (Å²) in [7, 11) is 0. The Morgan fingerprint density at radius 2 is 2.11 bits per heavy atom. The Morgan fingerprint density at radius 3 is 2.89 bits per heavy atom. The number of hydrogen-bond donors (Lipinski definition) is 1. The largest absolute Gasteiger partial charge is 0.487 e. The number of carbonyl (C=O) groups excluding carboxylic acids is 1. The van der Waals surface area contributed by atoms with Gasteiger partial charge in [-0.1, -0.05) is 11.6 Å². The maximum Gasteiger partial charge on any atom is 0.224 e. The van der Waals surface area contributed by atoms with Crippen LogP contribution >= 0.6 is 0 Å². The minimum absolute atomic E-state index is 0.00482. The molecule has 4 rings (SSSR count). The number of benzene rings is 1. The zero-order chi connectivity index (χ0) is 18.6. The van der Waals surface area contributed by atoms with Crippen LogP contribution in [0.5, 0.6) is 5.75 Å². The first-order valence-corrected chi connectivity index (χ1v) is 9.41.